The molecule has 0 amide bonds. The summed E-state index contributed by atoms with van der Waals surface area (Å²) in [5.41, 5.74) is 2.40. The molecule has 1 aliphatic carbocycles. The molecule has 1 fully saturated rings. The fraction of sp³-hybridized carbons (Fsp3) is 0.385. The zero-order valence-electron chi connectivity index (χ0n) is 9.40. The Morgan fingerprint density at radius 3 is 2.75 bits per heavy atom. The predicted octanol–water partition coefficient (Wildman–Crippen LogP) is 2.84. The topological polar surface area (TPSA) is 37.8 Å². The Bertz CT molecular complexity index is 517. The minimum Gasteiger partial charge on any atom is -0.368 e. The quantitative estimate of drug-likeness (QED) is 0.852. The summed E-state index contributed by atoms with van der Waals surface area (Å²) < 4.78 is 0. The molecule has 0 unspecified atom stereocenters. The maximum Gasteiger partial charge on any atom is 0.145 e. The van der Waals surface area contributed by atoms with Gasteiger partial charge in [-0.05, 0) is 30.4 Å². The third kappa shape index (κ3) is 1.85. The van der Waals surface area contributed by atoms with Crippen LogP contribution < -0.4 is 5.32 Å². The van der Waals surface area contributed by atoms with Gasteiger partial charge >= 0.3 is 0 Å². The van der Waals surface area contributed by atoms with Gasteiger partial charge < -0.3 is 5.32 Å². The minimum atomic E-state index is 0.493. The van der Waals surface area contributed by atoms with Gasteiger partial charge in [0.25, 0.3) is 0 Å². The number of nitrogens with zero attached hydrogens (tertiary/aromatic N) is 2. The van der Waals surface area contributed by atoms with Crippen LogP contribution in [0.4, 0.5) is 5.82 Å². The first-order valence-electron chi connectivity index (χ1n) is 5.71. The van der Waals surface area contributed by atoms with Crippen LogP contribution in [-0.2, 0) is 0 Å². The lowest BCUT2D eigenvalue weighted by atomic mass is 10.1. The van der Waals surface area contributed by atoms with Gasteiger partial charge in [-0.1, -0.05) is 19.1 Å². The minimum absolute atomic E-state index is 0.493. The van der Waals surface area contributed by atoms with E-state index < -0.39 is 0 Å². The van der Waals surface area contributed by atoms with Crippen molar-refractivity contribution in [1.82, 2.24) is 9.97 Å². The van der Waals surface area contributed by atoms with E-state index >= 15 is 0 Å². The molecule has 1 saturated carbocycles. The lowest BCUT2D eigenvalue weighted by Crippen LogP contribution is -2.12. The monoisotopic (exact) mass is 213 g/mol. The average molecular weight is 213 g/mol. The van der Waals surface area contributed by atoms with Gasteiger partial charge in [0, 0.05) is 6.54 Å². The number of nitrogens with one attached hydrogen (secondary N) is 1. The van der Waals surface area contributed by atoms with Gasteiger partial charge in [0.2, 0.25) is 0 Å². The fourth-order valence-electron chi connectivity index (χ4n) is 1.74. The molecule has 0 aliphatic heterocycles. The van der Waals surface area contributed by atoms with Gasteiger partial charge in [0.15, 0.2) is 0 Å². The Morgan fingerprint density at radius 2 is 2.00 bits per heavy atom. The lowest BCUT2D eigenvalue weighted by molar-refractivity contribution is 0.609. The van der Waals surface area contributed by atoms with E-state index in [0.717, 1.165) is 23.4 Å². The van der Waals surface area contributed by atoms with Crippen LogP contribution in [0.15, 0.2) is 30.5 Å². The molecule has 16 heavy (non-hydrogen) atoms. The number of fused-ring (bicyclic) bond motifs is 1. The van der Waals surface area contributed by atoms with Gasteiger partial charge in [-0.15, -0.1) is 0 Å². The van der Waals surface area contributed by atoms with Gasteiger partial charge in [-0.2, -0.15) is 0 Å². The molecule has 3 nitrogen and oxygen atoms in total. The van der Waals surface area contributed by atoms with Crippen molar-refractivity contribution in [3.8, 4) is 0 Å². The van der Waals surface area contributed by atoms with Crippen LogP contribution in [0.25, 0.3) is 11.0 Å². The summed E-state index contributed by atoms with van der Waals surface area (Å²) in [4.78, 5) is 8.91. The number of aromatic nitrogens is 2. The summed E-state index contributed by atoms with van der Waals surface area (Å²) in [6.07, 6.45) is 4.45. The molecule has 1 aliphatic rings. The molecular weight excluding hydrogens is 198 g/mol. The Labute approximate surface area is 94.9 Å². The highest BCUT2D eigenvalue weighted by molar-refractivity contribution is 5.75. The SMILES string of the molecule is CC1(CNc2cnc3ccccc3n2)CC1. The Balaban J connectivity index is 1.81. The van der Waals surface area contributed by atoms with E-state index in [1.165, 1.54) is 12.8 Å². The molecule has 1 heterocycles. The number of para-hydroxylation sites is 2. The highest BCUT2D eigenvalue weighted by Crippen LogP contribution is 2.44. The van der Waals surface area contributed by atoms with Crippen LogP contribution in [0.5, 0.6) is 0 Å². The highest BCUT2D eigenvalue weighted by atomic mass is 15.0. The van der Waals surface area contributed by atoms with Crippen molar-refractivity contribution in [2.75, 3.05) is 11.9 Å². The largest absolute Gasteiger partial charge is 0.368 e. The summed E-state index contributed by atoms with van der Waals surface area (Å²) in [6.45, 7) is 3.30. The zero-order chi connectivity index (χ0) is 11.0. The van der Waals surface area contributed by atoms with Crippen molar-refractivity contribution in [2.45, 2.75) is 19.8 Å². The van der Waals surface area contributed by atoms with E-state index in [0.29, 0.717) is 5.41 Å². The normalized spacial score (nSPS) is 17.3. The number of rotatable bonds is 3. The van der Waals surface area contributed by atoms with E-state index in [1.54, 1.807) is 0 Å². The van der Waals surface area contributed by atoms with Crippen molar-refractivity contribution in [1.29, 1.82) is 0 Å². The molecule has 0 saturated heterocycles. The van der Waals surface area contributed by atoms with Crippen LogP contribution >= 0.6 is 0 Å². The Morgan fingerprint density at radius 1 is 1.25 bits per heavy atom. The first-order valence-corrected chi connectivity index (χ1v) is 5.71. The van der Waals surface area contributed by atoms with Crippen molar-refractivity contribution in [3.05, 3.63) is 30.5 Å². The number of benzene rings is 1. The van der Waals surface area contributed by atoms with E-state index in [1.807, 2.05) is 30.5 Å². The predicted molar refractivity (Wildman–Crippen MR) is 65.4 cm³/mol. The maximum atomic E-state index is 4.53. The third-order valence-electron chi connectivity index (χ3n) is 3.25. The fourth-order valence-corrected chi connectivity index (χ4v) is 1.74. The van der Waals surface area contributed by atoms with Crippen LogP contribution in [-0.4, -0.2) is 16.5 Å². The molecule has 3 heteroatoms. The first-order chi connectivity index (χ1) is 7.75. The third-order valence-corrected chi connectivity index (χ3v) is 3.25. The maximum absolute atomic E-state index is 4.53. The van der Waals surface area contributed by atoms with E-state index in [9.17, 15) is 0 Å². The van der Waals surface area contributed by atoms with Crippen LogP contribution in [0.1, 0.15) is 19.8 Å². The van der Waals surface area contributed by atoms with E-state index in [-0.39, 0.29) is 0 Å². The summed E-state index contributed by atoms with van der Waals surface area (Å²) in [7, 11) is 0. The number of hydrogen-bond donors (Lipinski definition) is 1. The second-order valence-electron chi connectivity index (χ2n) is 4.91. The highest BCUT2D eigenvalue weighted by Gasteiger charge is 2.36. The van der Waals surface area contributed by atoms with Gasteiger partial charge in [-0.25, -0.2) is 4.98 Å². The van der Waals surface area contributed by atoms with Gasteiger partial charge in [-0.3, -0.25) is 4.98 Å². The summed E-state index contributed by atoms with van der Waals surface area (Å²) in [5.74, 6) is 0.881. The molecule has 0 radical (unpaired) electrons. The molecule has 1 N–H and O–H groups in total. The van der Waals surface area contributed by atoms with Crippen LogP contribution in [0, 0.1) is 5.41 Å². The van der Waals surface area contributed by atoms with Gasteiger partial charge in [0.05, 0.1) is 17.2 Å². The Kier molecular flexibility index (Phi) is 2.06. The molecule has 0 atom stereocenters. The summed E-state index contributed by atoms with van der Waals surface area (Å²) in [5, 5.41) is 3.37. The van der Waals surface area contributed by atoms with Gasteiger partial charge in [0.1, 0.15) is 5.82 Å². The van der Waals surface area contributed by atoms with Crippen LogP contribution in [0.2, 0.25) is 0 Å². The number of anilines is 1. The van der Waals surface area contributed by atoms with E-state index in [4.69, 9.17) is 0 Å². The molecule has 82 valence electrons. The summed E-state index contributed by atoms with van der Waals surface area (Å²) >= 11 is 0. The van der Waals surface area contributed by atoms with Crippen molar-refractivity contribution in [2.24, 2.45) is 5.41 Å². The van der Waals surface area contributed by atoms with Crippen molar-refractivity contribution < 1.29 is 0 Å². The zero-order valence-corrected chi connectivity index (χ0v) is 9.40. The standard InChI is InChI=1S/C13H15N3/c1-13(6-7-13)9-15-12-8-14-10-4-2-3-5-11(10)16-12/h2-5,8H,6-7,9H2,1H3,(H,15,16). The molecular formula is C13H15N3. The molecule has 3 rings (SSSR count). The van der Waals surface area contributed by atoms with Crippen molar-refractivity contribution >= 4 is 16.9 Å². The second-order valence-corrected chi connectivity index (χ2v) is 4.91. The second kappa shape index (κ2) is 3.44. The molecule has 2 aromatic rings. The smallest absolute Gasteiger partial charge is 0.145 e. The van der Waals surface area contributed by atoms with Crippen molar-refractivity contribution in [3.63, 3.8) is 0 Å². The lowest BCUT2D eigenvalue weighted by Gasteiger charge is -2.10. The molecule has 1 aromatic heterocycles. The van der Waals surface area contributed by atoms with Crippen LogP contribution in [0.3, 0.4) is 0 Å². The number of hydrogen-bond acceptors (Lipinski definition) is 3. The average Bonchev–Trinajstić information content (AvgIpc) is 3.05. The summed E-state index contributed by atoms with van der Waals surface area (Å²) in [6, 6.07) is 7.94. The Hall–Kier alpha value is -1.64. The molecule has 0 spiro atoms. The van der Waals surface area contributed by atoms with E-state index in [2.05, 4.69) is 22.2 Å². The molecule has 1 aromatic carbocycles. The molecule has 0 bridgehead atoms. The first kappa shape index (κ1) is 9.58.